The molecule has 1 heterocycles. The number of carbonyl (C=O) groups is 2. The highest BCUT2D eigenvalue weighted by Crippen LogP contribution is 2.54. The molecular formula is C11H10O3. The van der Waals surface area contributed by atoms with Crippen LogP contribution in [-0.2, 0) is 14.3 Å². The first-order chi connectivity index (χ1) is 6.77. The Balaban J connectivity index is 1.84. The standard InChI is InChI=1S/C11H10O3/c12-8-6-4-1-2-5(3-4)7(6)9(13)11-10(8)14-11/h1-2,4-7,10-11H,3H2/t4-,5?,6-,7+,10?,11-/m0/s1. The highest BCUT2D eigenvalue weighted by Gasteiger charge is 2.66. The third-order valence-corrected chi connectivity index (χ3v) is 4.17. The van der Waals surface area contributed by atoms with Gasteiger partial charge in [0.2, 0.25) is 0 Å². The van der Waals surface area contributed by atoms with Crippen molar-refractivity contribution in [3.8, 4) is 0 Å². The summed E-state index contributed by atoms with van der Waals surface area (Å²) in [6.45, 7) is 0. The number of hydrogen-bond acceptors (Lipinski definition) is 3. The Labute approximate surface area is 81.1 Å². The Morgan fingerprint density at radius 2 is 1.50 bits per heavy atom. The van der Waals surface area contributed by atoms with Crippen LogP contribution in [0.2, 0.25) is 0 Å². The Hall–Kier alpha value is -0.960. The molecule has 2 bridgehead atoms. The predicted octanol–water partition coefficient (Wildman–Crippen LogP) is 0.344. The monoisotopic (exact) mass is 190 g/mol. The van der Waals surface area contributed by atoms with E-state index in [0.29, 0.717) is 11.8 Å². The zero-order chi connectivity index (χ0) is 9.45. The van der Waals surface area contributed by atoms with Crippen LogP contribution >= 0.6 is 0 Å². The van der Waals surface area contributed by atoms with E-state index in [1.165, 1.54) is 0 Å². The predicted molar refractivity (Wildman–Crippen MR) is 46.4 cm³/mol. The zero-order valence-corrected chi connectivity index (χ0v) is 7.55. The number of hydrogen-bond donors (Lipinski definition) is 0. The molecular weight excluding hydrogens is 180 g/mol. The van der Waals surface area contributed by atoms with Gasteiger partial charge in [0.1, 0.15) is 0 Å². The Morgan fingerprint density at radius 3 is 2.00 bits per heavy atom. The molecule has 3 aliphatic carbocycles. The fourth-order valence-corrected chi connectivity index (χ4v) is 3.52. The van der Waals surface area contributed by atoms with Crippen LogP contribution in [0.3, 0.4) is 0 Å². The van der Waals surface area contributed by atoms with Crippen LogP contribution in [0.15, 0.2) is 12.2 Å². The molecule has 1 aliphatic heterocycles. The van der Waals surface area contributed by atoms with E-state index in [1.807, 2.05) is 0 Å². The van der Waals surface area contributed by atoms with Crippen molar-refractivity contribution >= 4 is 11.6 Å². The van der Waals surface area contributed by atoms with Crippen molar-refractivity contribution in [3.05, 3.63) is 12.2 Å². The van der Waals surface area contributed by atoms with Crippen molar-refractivity contribution in [1.82, 2.24) is 0 Å². The van der Waals surface area contributed by atoms with Gasteiger partial charge in [-0.25, -0.2) is 0 Å². The van der Waals surface area contributed by atoms with Crippen molar-refractivity contribution in [3.63, 3.8) is 0 Å². The Kier molecular flexibility index (Phi) is 1.05. The summed E-state index contributed by atoms with van der Waals surface area (Å²) < 4.78 is 5.14. The van der Waals surface area contributed by atoms with Crippen molar-refractivity contribution in [2.45, 2.75) is 18.6 Å². The van der Waals surface area contributed by atoms with Crippen LogP contribution < -0.4 is 0 Å². The SMILES string of the molecule is O=C1C2O[C@H]2C(=O)[C@@H]2C3C=C[C@@H](C3)[C@H]12. The van der Waals surface area contributed by atoms with E-state index in [4.69, 9.17) is 4.74 Å². The summed E-state index contributed by atoms with van der Waals surface area (Å²) in [7, 11) is 0. The Morgan fingerprint density at radius 1 is 1.00 bits per heavy atom. The third-order valence-electron chi connectivity index (χ3n) is 4.17. The van der Waals surface area contributed by atoms with E-state index in [1.54, 1.807) is 0 Å². The largest absolute Gasteiger partial charge is 0.353 e. The number of rotatable bonds is 0. The summed E-state index contributed by atoms with van der Waals surface area (Å²) in [4.78, 5) is 23.7. The lowest BCUT2D eigenvalue weighted by Crippen LogP contribution is -2.43. The number of carbonyl (C=O) groups excluding carboxylic acids is 2. The molecule has 0 aromatic carbocycles. The number of allylic oxidation sites excluding steroid dienone is 2. The second kappa shape index (κ2) is 2.01. The molecule has 4 rings (SSSR count). The highest BCUT2D eigenvalue weighted by atomic mass is 16.6. The van der Waals surface area contributed by atoms with Gasteiger partial charge in [0, 0.05) is 11.8 Å². The van der Waals surface area contributed by atoms with Crippen molar-refractivity contribution in [2.24, 2.45) is 23.7 Å². The quantitative estimate of drug-likeness (QED) is 0.409. The second-order valence-electron chi connectivity index (χ2n) is 4.78. The molecule has 0 aromatic rings. The number of Topliss-reactive ketones (excluding diaryl/α,β-unsaturated/α-hetero) is 2. The minimum absolute atomic E-state index is 0.0405. The van der Waals surface area contributed by atoms with Crippen molar-refractivity contribution < 1.29 is 14.3 Å². The lowest BCUT2D eigenvalue weighted by Gasteiger charge is -2.27. The Bertz CT molecular complexity index is 350. The average Bonchev–Trinajstić information content (AvgIpc) is 2.74. The van der Waals surface area contributed by atoms with Crippen LogP contribution in [0, 0.1) is 23.7 Å². The minimum Gasteiger partial charge on any atom is -0.353 e. The molecule has 72 valence electrons. The van der Waals surface area contributed by atoms with Crippen molar-refractivity contribution in [1.29, 1.82) is 0 Å². The summed E-state index contributed by atoms with van der Waals surface area (Å²) in [6.07, 6.45) is 4.50. The maximum absolute atomic E-state index is 11.9. The summed E-state index contributed by atoms with van der Waals surface area (Å²) in [5.41, 5.74) is 0. The molecule has 14 heavy (non-hydrogen) atoms. The summed E-state index contributed by atoms with van der Waals surface area (Å²) in [5, 5.41) is 0. The van der Waals surface area contributed by atoms with Gasteiger partial charge in [-0.15, -0.1) is 0 Å². The molecule has 6 atom stereocenters. The van der Waals surface area contributed by atoms with E-state index in [-0.39, 0.29) is 35.6 Å². The van der Waals surface area contributed by atoms with Gasteiger partial charge in [-0.05, 0) is 18.3 Å². The van der Waals surface area contributed by atoms with Crippen molar-refractivity contribution in [2.75, 3.05) is 0 Å². The molecule has 0 amide bonds. The summed E-state index contributed by atoms with van der Waals surface area (Å²) in [5.74, 6) is 0.952. The van der Waals surface area contributed by atoms with Crippen LogP contribution in [0.4, 0.5) is 0 Å². The average molecular weight is 190 g/mol. The molecule has 1 saturated heterocycles. The molecule has 2 unspecified atom stereocenters. The first-order valence-electron chi connectivity index (χ1n) is 5.18. The van der Waals surface area contributed by atoms with Gasteiger partial charge < -0.3 is 4.74 Å². The lowest BCUT2D eigenvalue weighted by molar-refractivity contribution is -0.135. The third kappa shape index (κ3) is 0.630. The van der Waals surface area contributed by atoms with Crippen LogP contribution in [-0.4, -0.2) is 23.8 Å². The van der Waals surface area contributed by atoms with Crippen LogP contribution in [0.1, 0.15) is 6.42 Å². The van der Waals surface area contributed by atoms with E-state index in [2.05, 4.69) is 12.2 Å². The molecule has 0 N–H and O–H groups in total. The normalized spacial score (nSPS) is 57.4. The molecule has 3 nitrogen and oxygen atoms in total. The molecule has 0 radical (unpaired) electrons. The molecule has 0 aromatic heterocycles. The van der Waals surface area contributed by atoms with Gasteiger partial charge >= 0.3 is 0 Å². The lowest BCUT2D eigenvalue weighted by atomic mass is 9.72. The van der Waals surface area contributed by atoms with Gasteiger partial charge in [0.15, 0.2) is 23.8 Å². The smallest absolute Gasteiger partial charge is 0.169 e. The first kappa shape index (κ1) is 7.35. The maximum Gasteiger partial charge on any atom is 0.169 e. The molecule has 2 saturated carbocycles. The van der Waals surface area contributed by atoms with Gasteiger partial charge in [0.25, 0.3) is 0 Å². The molecule has 4 aliphatic rings. The fraction of sp³-hybridized carbons (Fsp3) is 0.636. The van der Waals surface area contributed by atoms with Gasteiger partial charge in [-0.2, -0.15) is 0 Å². The number of ketones is 2. The first-order valence-corrected chi connectivity index (χ1v) is 5.18. The minimum atomic E-state index is -0.364. The van der Waals surface area contributed by atoms with Gasteiger partial charge in [-0.1, -0.05) is 12.2 Å². The highest BCUT2D eigenvalue weighted by molar-refractivity contribution is 6.06. The molecule has 0 spiro atoms. The number of epoxide rings is 1. The van der Waals surface area contributed by atoms with Crippen LogP contribution in [0.25, 0.3) is 0 Å². The topological polar surface area (TPSA) is 46.7 Å². The second-order valence-corrected chi connectivity index (χ2v) is 4.78. The summed E-state index contributed by atoms with van der Waals surface area (Å²) in [6, 6.07) is 0. The van der Waals surface area contributed by atoms with Gasteiger partial charge in [-0.3, -0.25) is 9.59 Å². The summed E-state index contributed by atoms with van der Waals surface area (Å²) >= 11 is 0. The molecule has 3 heteroatoms. The van der Waals surface area contributed by atoms with E-state index >= 15 is 0 Å². The zero-order valence-electron chi connectivity index (χ0n) is 7.55. The molecule has 3 fully saturated rings. The fourth-order valence-electron chi connectivity index (χ4n) is 3.52. The van der Waals surface area contributed by atoms with E-state index in [9.17, 15) is 9.59 Å². The number of fused-ring (bicyclic) bond motifs is 6. The van der Waals surface area contributed by atoms with Crippen LogP contribution in [0.5, 0.6) is 0 Å². The number of ether oxygens (including phenoxy) is 1. The van der Waals surface area contributed by atoms with E-state index < -0.39 is 0 Å². The maximum atomic E-state index is 11.9. The van der Waals surface area contributed by atoms with E-state index in [0.717, 1.165) is 6.42 Å². The van der Waals surface area contributed by atoms with Gasteiger partial charge in [0.05, 0.1) is 0 Å².